The number of halogens is 6. The predicted octanol–water partition coefficient (Wildman–Crippen LogP) is 2.96. The lowest BCUT2D eigenvalue weighted by Crippen LogP contribution is -2.17. The lowest BCUT2D eigenvalue weighted by molar-refractivity contribution is -0.141. The second-order valence-electron chi connectivity index (χ2n) is 3.05. The first kappa shape index (κ1) is 14.3. The van der Waals surface area contributed by atoms with Crippen molar-refractivity contribution in [2.45, 2.75) is 12.6 Å². The molecule has 1 aromatic heterocycles. The van der Waals surface area contributed by atoms with Crippen molar-refractivity contribution in [1.29, 1.82) is 0 Å². The highest BCUT2D eigenvalue weighted by Crippen LogP contribution is 2.32. The van der Waals surface area contributed by atoms with E-state index in [0.29, 0.717) is 0 Å². The Morgan fingerprint density at radius 2 is 1.94 bits per heavy atom. The van der Waals surface area contributed by atoms with Crippen molar-refractivity contribution < 1.29 is 35.9 Å². The van der Waals surface area contributed by atoms with Gasteiger partial charge < -0.3 is 4.74 Å². The number of rotatable bonds is 2. The molecule has 0 saturated heterocycles. The quantitative estimate of drug-likeness (QED) is 0.614. The van der Waals surface area contributed by atoms with Crippen molar-refractivity contribution in [3.05, 3.63) is 28.8 Å². The second-order valence-corrected chi connectivity index (χ2v) is 3.05. The minimum atomic E-state index is -5.08. The second kappa shape index (κ2) is 4.83. The highest BCUT2D eigenvalue weighted by atomic mass is 19.4. The first-order valence-electron chi connectivity index (χ1n) is 4.32. The average molecular weight is 273 g/mol. The Labute approximate surface area is 96.4 Å². The molecule has 0 radical (unpaired) electrons. The molecule has 0 aliphatic rings. The van der Waals surface area contributed by atoms with Crippen LogP contribution in [0.2, 0.25) is 0 Å². The van der Waals surface area contributed by atoms with Gasteiger partial charge in [-0.05, 0) is 6.07 Å². The summed E-state index contributed by atoms with van der Waals surface area (Å²) >= 11 is 0. The predicted molar refractivity (Wildman–Crippen MR) is 45.5 cm³/mol. The smallest absolute Gasteiger partial charge is 0.433 e. The van der Waals surface area contributed by atoms with Crippen LogP contribution in [0.5, 0.6) is 0 Å². The maximum absolute atomic E-state index is 13.3. The van der Waals surface area contributed by atoms with Crippen LogP contribution in [0.4, 0.5) is 26.3 Å². The third-order valence-electron chi connectivity index (χ3n) is 1.89. The number of alkyl halides is 5. The molecule has 0 fully saturated rings. The molecule has 3 nitrogen and oxygen atoms in total. The first-order valence-corrected chi connectivity index (χ1v) is 4.32. The molecule has 0 unspecified atom stereocenters. The molecule has 0 N–H and O–H groups in total. The molecular weight excluding hydrogens is 268 g/mol. The zero-order valence-corrected chi connectivity index (χ0v) is 8.69. The lowest BCUT2D eigenvalue weighted by Gasteiger charge is -2.11. The van der Waals surface area contributed by atoms with Gasteiger partial charge in [-0.2, -0.15) is 13.2 Å². The molecule has 0 amide bonds. The van der Waals surface area contributed by atoms with Gasteiger partial charge in [-0.15, -0.1) is 0 Å². The van der Waals surface area contributed by atoms with Crippen molar-refractivity contribution in [1.82, 2.24) is 4.98 Å². The van der Waals surface area contributed by atoms with E-state index in [1.807, 2.05) is 0 Å². The van der Waals surface area contributed by atoms with E-state index in [1.54, 1.807) is 0 Å². The largest absolute Gasteiger partial charge is 0.464 e. The third kappa shape index (κ3) is 2.71. The van der Waals surface area contributed by atoms with Gasteiger partial charge in [0, 0.05) is 0 Å². The van der Waals surface area contributed by atoms with E-state index in [1.165, 1.54) is 0 Å². The summed E-state index contributed by atoms with van der Waals surface area (Å²) < 4.78 is 79.0. The van der Waals surface area contributed by atoms with Crippen LogP contribution in [-0.2, 0) is 10.9 Å². The molecular formula is C9H5F6NO2. The van der Waals surface area contributed by atoms with Gasteiger partial charge in [0.15, 0.2) is 11.5 Å². The van der Waals surface area contributed by atoms with Crippen molar-refractivity contribution in [2.24, 2.45) is 0 Å². The highest BCUT2D eigenvalue weighted by molar-refractivity contribution is 5.87. The molecule has 1 heterocycles. The van der Waals surface area contributed by atoms with E-state index in [9.17, 15) is 31.1 Å². The Morgan fingerprint density at radius 1 is 1.39 bits per heavy atom. The molecule has 0 aliphatic carbocycles. The van der Waals surface area contributed by atoms with Crippen molar-refractivity contribution >= 4 is 5.97 Å². The van der Waals surface area contributed by atoms with Crippen LogP contribution in [0.25, 0.3) is 0 Å². The fourth-order valence-electron chi connectivity index (χ4n) is 1.09. The number of ether oxygens (including phenoxy) is 1. The number of nitrogens with zero attached hydrogens (tertiary/aromatic N) is 1. The van der Waals surface area contributed by atoms with Crippen LogP contribution in [-0.4, -0.2) is 18.1 Å². The van der Waals surface area contributed by atoms with Crippen LogP contribution < -0.4 is 0 Å². The normalized spacial score (nSPS) is 11.8. The van der Waals surface area contributed by atoms with Gasteiger partial charge in [0.05, 0.1) is 12.7 Å². The number of pyridine rings is 1. The number of hydrogen-bond acceptors (Lipinski definition) is 3. The van der Waals surface area contributed by atoms with Crippen LogP contribution in [0.1, 0.15) is 28.2 Å². The first-order chi connectivity index (χ1) is 8.18. The summed E-state index contributed by atoms with van der Waals surface area (Å²) in [5, 5.41) is 0. The van der Waals surface area contributed by atoms with Crippen molar-refractivity contribution in [3.8, 4) is 0 Å². The van der Waals surface area contributed by atoms with Gasteiger partial charge in [-0.1, -0.05) is 0 Å². The number of aromatic nitrogens is 1. The Hall–Kier alpha value is -1.80. The summed E-state index contributed by atoms with van der Waals surface area (Å²) in [5.74, 6) is -3.40. The maximum atomic E-state index is 13.3. The van der Waals surface area contributed by atoms with E-state index in [-0.39, 0.29) is 6.07 Å². The molecule has 0 aromatic carbocycles. The van der Waals surface area contributed by atoms with Gasteiger partial charge in [-0.25, -0.2) is 22.9 Å². The van der Waals surface area contributed by atoms with Crippen molar-refractivity contribution in [2.75, 3.05) is 7.11 Å². The summed E-state index contributed by atoms with van der Waals surface area (Å²) in [7, 11) is 0.756. The van der Waals surface area contributed by atoms with Crippen LogP contribution in [0.15, 0.2) is 6.07 Å². The summed E-state index contributed by atoms with van der Waals surface area (Å²) in [4.78, 5) is 13.6. The molecule has 0 aliphatic heterocycles. The van der Waals surface area contributed by atoms with Gasteiger partial charge in [0.25, 0.3) is 6.43 Å². The average Bonchev–Trinajstić information content (AvgIpc) is 2.26. The van der Waals surface area contributed by atoms with Crippen LogP contribution in [0, 0.1) is 5.82 Å². The van der Waals surface area contributed by atoms with Gasteiger partial charge in [-0.3, -0.25) is 0 Å². The Bertz CT molecular complexity index is 471. The molecule has 18 heavy (non-hydrogen) atoms. The third-order valence-corrected chi connectivity index (χ3v) is 1.89. The molecule has 0 saturated carbocycles. The molecule has 9 heteroatoms. The lowest BCUT2D eigenvalue weighted by atomic mass is 10.1. The Morgan fingerprint density at radius 3 is 2.33 bits per heavy atom. The fourth-order valence-corrected chi connectivity index (χ4v) is 1.09. The van der Waals surface area contributed by atoms with E-state index in [2.05, 4.69) is 9.72 Å². The summed E-state index contributed by atoms with van der Waals surface area (Å²) in [6.07, 6.45) is -8.60. The monoisotopic (exact) mass is 273 g/mol. The highest BCUT2D eigenvalue weighted by Gasteiger charge is 2.36. The Balaban J connectivity index is 3.52. The Kier molecular flexibility index (Phi) is 3.82. The number of methoxy groups -OCH3 is 1. The number of carbonyl (C=O) groups is 1. The SMILES string of the molecule is COC(=O)c1nc(C(F)(F)F)cc(C(F)F)c1F. The number of carbonyl (C=O) groups excluding carboxylic acids is 1. The molecule has 0 bridgehead atoms. The van der Waals surface area contributed by atoms with E-state index < -0.39 is 41.3 Å². The molecule has 1 aromatic rings. The molecule has 0 spiro atoms. The zero-order chi connectivity index (χ0) is 14.1. The topological polar surface area (TPSA) is 39.2 Å². The summed E-state index contributed by atoms with van der Waals surface area (Å²) in [6.45, 7) is 0. The summed E-state index contributed by atoms with van der Waals surface area (Å²) in [6, 6.07) is -0.146. The number of hydrogen-bond donors (Lipinski definition) is 0. The van der Waals surface area contributed by atoms with Crippen LogP contribution >= 0.6 is 0 Å². The number of esters is 1. The summed E-state index contributed by atoms with van der Waals surface area (Å²) in [5.41, 5.74) is -4.78. The molecule has 0 atom stereocenters. The molecule has 100 valence electrons. The standard InChI is InChI=1S/C9H5F6NO2/c1-18-8(17)6-5(10)3(7(11)12)2-4(16-6)9(13,14)15/h2,7H,1H3. The van der Waals surface area contributed by atoms with E-state index in [4.69, 9.17) is 0 Å². The van der Waals surface area contributed by atoms with E-state index in [0.717, 1.165) is 7.11 Å². The van der Waals surface area contributed by atoms with Gasteiger partial charge in [0.2, 0.25) is 0 Å². The minimum absolute atomic E-state index is 0.146. The zero-order valence-electron chi connectivity index (χ0n) is 8.69. The maximum Gasteiger partial charge on any atom is 0.433 e. The van der Waals surface area contributed by atoms with Crippen molar-refractivity contribution in [3.63, 3.8) is 0 Å². The van der Waals surface area contributed by atoms with Gasteiger partial charge >= 0.3 is 12.1 Å². The van der Waals surface area contributed by atoms with Crippen LogP contribution in [0.3, 0.4) is 0 Å². The van der Waals surface area contributed by atoms with E-state index >= 15 is 0 Å². The molecule has 1 rings (SSSR count). The van der Waals surface area contributed by atoms with Gasteiger partial charge in [0.1, 0.15) is 5.69 Å². The minimum Gasteiger partial charge on any atom is -0.464 e. The fraction of sp³-hybridized carbons (Fsp3) is 0.333.